The van der Waals surface area contributed by atoms with Gasteiger partial charge in [0.2, 0.25) is 5.89 Å². The molecule has 2 aromatic heterocycles. The second-order valence-electron chi connectivity index (χ2n) is 7.51. The van der Waals surface area contributed by atoms with Gasteiger partial charge in [0, 0.05) is 5.69 Å². The number of carbonyl (C=O) groups is 1. The molecular weight excluding hydrogens is 422 g/mol. The number of oxazole rings is 1. The predicted octanol–water partition coefficient (Wildman–Crippen LogP) is 4.18. The van der Waals surface area contributed by atoms with Gasteiger partial charge in [0.15, 0.2) is 17.2 Å². The first-order valence-corrected chi connectivity index (χ1v) is 10.4. The Morgan fingerprint density at radius 3 is 2.58 bits per heavy atom. The van der Waals surface area contributed by atoms with E-state index in [-0.39, 0.29) is 11.6 Å². The smallest absolute Gasteiger partial charge is 0.278 e. The van der Waals surface area contributed by atoms with Crippen molar-refractivity contribution < 1.29 is 18.7 Å². The number of ether oxygens (including phenoxy) is 2. The van der Waals surface area contributed by atoms with Gasteiger partial charge in [-0.05, 0) is 44.5 Å². The predicted molar refractivity (Wildman–Crippen MR) is 123 cm³/mol. The molecule has 4 aromatic rings. The fourth-order valence-electron chi connectivity index (χ4n) is 3.50. The van der Waals surface area contributed by atoms with E-state index >= 15 is 0 Å². The van der Waals surface area contributed by atoms with Crippen LogP contribution in [0, 0.1) is 20.8 Å². The van der Waals surface area contributed by atoms with Gasteiger partial charge < -0.3 is 19.2 Å². The Hall–Kier alpha value is -4.14. The third-order valence-electron chi connectivity index (χ3n) is 5.42. The number of rotatable bonds is 7. The highest BCUT2D eigenvalue weighted by molar-refractivity contribution is 6.03. The molecule has 0 fully saturated rings. The van der Waals surface area contributed by atoms with Crippen molar-refractivity contribution in [2.45, 2.75) is 27.3 Å². The molecule has 1 N–H and O–H groups in total. The molecule has 0 spiro atoms. The highest BCUT2D eigenvalue weighted by atomic mass is 16.5. The van der Waals surface area contributed by atoms with E-state index in [0.29, 0.717) is 46.6 Å². The summed E-state index contributed by atoms with van der Waals surface area (Å²) in [7, 11) is 3.15. The summed E-state index contributed by atoms with van der Waals surface area (Å²) >= 11 is 0. The van der Waals surface area contributed by atoms with Gasteiger partial charge in [0.25, 0.3) is 5.91 Å². The summed E-state index contributed by atoms with van der Waals surface area (Å²) in [6, 6.07) is 13.1. The highest BCUT2D eigenvalue weighted by Crippen LogP contribution is 2.38. The van der Waals surface area contributed by atoms with Crippen molar-refractivity contribution in [3.8, 4) is 23.0 Å². The summed E-state index contributed by atoms with van der Waals surface area (Å²) in [5.74, 6) is 1.86. The van der Waals surface area contributed by atoms with E-state index in [0.717, 1.165) is 11.3 Å². The lowest BCUT2D eigenvalue weighted by molar-refractivity contribution is 0.102. The average Bonchev–Trinajstić information content (AvgIpc) is 3.37. The zero-order valence-electron chi connectivity index (χ0n) is 19.2. The van der Waals surface area contributed by atoms with E-state index in [1.165, 1.54) is 0 Å². The summed E-state index contributed by atoms with van der Waals surface area (Å²) in [4.78, 5) is 17.4. The minimum absolute atomic E-state index is 0.258. The molecule has 0 aliphatic rings. The normalized spacial score (nSPS) is 10.8. The molecule has 0 unspecified atom stereocenters. The highest BCUT2D eigenvalue weighted by Gasteiger charge is 2.21. The maximum atomic E-state index is 12.8. The molecule has 0 saturated carbocycles. The van der Waals surface area contributed by atoms with Crippen LogP contribution in [0.4, 0.5) is 5.69 Å². The van der Waals surface area contributed by atoms with Crippen molar-refractivity contribution in [1.29, 1.82) is 0 Å². The van der Waals surface area contributed by atoms with Gasteiger partial charge in [0.05, 0.1) is 32.0 Å². The standard InChI is InChI=1S/C24H25N5O4/c1-14-9-6-7-11-18(14)25-23(30)21-15(2)29(28-27-21)13-19-16(3)33-24(26-19)17-10-8-12-20(31-4)22(17)32-5/h6-12H,13H2,1-5H3,(H,25,30). The first kappa shape index (κ1) is 22.1. The van der Waals surface area contributed by atoms with E-state index in [1.54, 1.807) is 31.9 Å². The SMILES string of the molecule is COc1cccc(-c2nc(Cn3nnc(C(=O)Nc4ccccc4C)c3C)c(C)o2)c1OC. The van der Waals surface area contributed by atoms with Crippen molar-refractivity contribution >= 4 is 11.6 Å². The molecule has 2 aromatic carbocycles. The number of amides is 1. The average molecular weight is 447 g/mol. The Morgan fingerprint density at radius 2 is 1.85 bits per heavy atom. The Labute approximate surface area is 191 Å². The molecule has 0 radical (unpaired) electrons. The molecule has 0 bridgehead atoms. The van der Waals surface area contributed by atoms with Crippen LogP contribution in [0.3, 0.4) is 0 Å². The lowest BCUT2D eigenvalue weighted by Crippen LogP contribution is -2.15. The van der Waals surface area contributed by atoms with Crippen LogP contribution in [0.25, 0.3) is 11.5 Å². The largest absolute Gasteiger partial charge is 0.493 e. The van der Waals surface area contributed by atoms with Gasteiger partial charge in [-0.15, -0.1) is 5.10 Å². The molecule has 1 amide bonds. The minimum atomic E-state index is -0.313. The Kier molecular flexibility index (Phi) is 6.12. The molecular formula is C24H25N5O4. The third-order valence-corrected chi connectivity index (χ3v) is 5.42. The van der Waals surface area contributed by atoms with E-state index in [4.69, 9.17) is 13.9 Å². The maximum absolute atomic E-state index is 12.8. The Balaban J connectivity index is 1.58. The summed E-state index contributed by atoms with van der Waals surface area (Å²) in [6.07, 6.45) is 0. The number of aromatic nitrogens is 4. The number of aryl methyl sites for hydroxylation is 2. The summed E-state index contributed by atoms with van der Waals surface area (Å²) in [6.45, 7) is 5.87. The molecule has 0 saturated heterocycles. The molecule has 0 aliphatic carbocycles. The van der Waals surface area contributed by atoms with Gasteiger partial charge in [-0.3, -0.25) is 4.79 Å². The van der Waals surface area contributed by atoms with Crippen LogP contribution >= 0.6 is 0 Å². The van der Waals surface area contributed by atoms with Crippen molar-refractivity contribution in [2.75, 3.05) is 19.5 Å². The van der Waals surface area contributed by atoms with Crippen LogP contribution < -0.4 is 14.8 Å². The number of carbonyl (C=O) groups excluding carboxylic acids is 1. The Morgan fingerprint density at radius 1 is 1.06 bits per heavy atom. The van der Waals surface area contributed by atoms with E-state index in [9.17, 15) is 4.79 Å². The summed E-state index contributed by atoms with van der Waals surface area (Å²) < 4.78 is 18.4. The van der Waals surface area contributed by atoms with Gasteiger partial charge in [0.1, 0.15) is 11.5 Å². The van der Waals surface area contributed by atoms with Crippen LogP contribution in [0.5, 0.6) is 11.5 Å². The second kappa shape index (κ2) is 9.15. The zero-order valence-corrected chi connectivity index (χ0v) is 19.2. The van der Waals surface area contributed by atoms with Crippen LogP contribution in [0.15, 0.2) is 46.9 Å². The topological polar surface area (TPSA) is 104 Å². The number of hydrogen-bond acceptors (Lipinski definition) is 7. The molecule has 2 heterocycles. The van der Waals surface area contributed by atoms with Gasteiger partial charge in [-0.1, -0.05) is 29.5 Å². The van der Waals surface area contributed by atoms with Crippen molar-refractivity contribution in [2.24, 2.45) is 0 Å². The van der Waals surface area contributed by atoms with Crippen LogP contribution in [-0.4, -0.2) is 40.1 Å². The number of para-hydroxylation sites is 2. The van der Waals surface area contributed by atoms with Gasteiger partial charge in [-0.25, -0.2) is 9.67 Å². The van der Waals surface area contributed by atoms with Crippen molar-refractivity contribution in [3.63, 3.8) is 0 Å². The second-order valence-corrected chi connectivity index (χ2v) is 7.51. The monoisotopic (exact) mass is 447 g/mol. The molecule has 9 heteroatoms. The van der Waals surface area contributed by atoms with E-state index < -0.39 is 0 Å². The maximum Gasteiger partial charge on any atom is 0.278 e. The lowest BCUT2D eigenvalue weighted by atomic mass is 10.2. The lowest BCUT2D eigenvalue weighted by Gasteiger charge is -2.10. The Bertz CT molecular complexity index is 1310. The first-order valence-electron chi connectivity index (χ1n) is 10.4. The fraction of sp³-hybridized carbons (Fsp3) is 0.250. The van der Waals surface area contributed by atoms with E-state index in [2.05, 4.69) is 20.6 Å². The number of nitrogens with one attached hydrogen (secondary N) is 1. The van der Waals surface area contributed by atoms with E-state index in [1.807, 2.05) is 50.2 Å². The molecule has 170 valence electrons. The quantitative estimate of drug-likeness (QED) is 0.453. The van der Waals surface area contributed by atoms with Gasteiger partial charge in [-0.2, -0.15) is 0 Å². The molecule has 0 aliphatic heterocycles. The number of methoxy groups -OCH3 is 2. The minimum Gasteiger partial charge on any atom is -0.493 e. The third kappa shape index (κ3) is 4.30. The van der Waals surface area contributed by atoms with Crippen LogP contribution in [-0.2, 0) is 6.54 Å². The van der Waals surface area contributed by atoms with Crippen molar-refractivity contribution in [1.82, 2.24) is 20.0 Å². The fourth-order valence-corrected chi connectivity index (χ4v) is 3.50. The summed E-state index contributed by atoms with van der Waals surface area (Å²) in [5.41, 5.74) is 3.95. The van der Waals surface area contributed by atoms with Crippen LogP contribution in [0.1, 0.15) is 33.2 Å². The molecule has 9 nitrogen and oxygen atoms in total. The number of nitrogens with zero attached hydrogens (tertiary/aromatic N) is 4. The summed E-state index contributed by atoms with van der Waals surface area (Å²) in [5, 5.41) is 11.1. The van der Waals surface area contributed by atoms with Gasteiger partial charge >= 0.3 is 0 Å². The molecule has 33 heavy (non-hydrogen) atoms. The number of benzene rings is 2. The number of anilines is 1. The molecule has 4 rings (SSSR count). The van der Waals surface area contributed by atoms with Crippen LogP contribution in [0.2, 0.25) is 0 Å². The molecule has 0 atom stereocenters. The van der Waals surface area contributed by atoms with Crippen molar-refractivity contribution in [3.05, 3.63) is 70.9 Å². The first-order chi connectivity index (χ1) is 15.9. The zero-order chi connectivity index (χ0) is 23.5. The number of hydrogen-bond donors (Lipinski definition) is 1.